The number of benzene rings is 1. The molecule has 0 saturated carbocycles. The minimum Gasteiger partial charge on any atom is -0.275 e. The lowest BCUT2D eigenvalue weighted by Crippen LogP contribution is -1.85. The molecule has 0 atom stereocenters. The Morgan fingerprint density at radius 2 is 2.29 bits per heavy atom. The lowest BCUT2D eigenvalue weighted by molar-refractivity contribution is 0.628. The molecule has 0 amide bonds. The van der Waals surface area contributed by atoms with Crippen molar-refractivity contribution in [1.82, 2.24) is 9.78 Å². The standard InChI is InChI=1S/C13H14FN3/c1-3-10-4-5-13(12(14)6-10)15-7-11-8-16-17(2)9-11/h4-9H,3H2,1-2H3. The monoisotopic (exact) mass is 231 g/mol. The van der Waals surface area contributed by atoms with Gasteiger partial charge in [0.25, 0.3) is 0 Å². The Morgan fingerprint density at radius 1 is 1.47 bits per heavy atom. The third-order valence-electron chi connectivity index (χ3n) is 2.50. The molecule has 0 unspecified atom stereocenters. The Balaban J connectivity index is 2.21. The lowest BCUT2D eigenvalue weighted by Gasteiger charge is -1.99. The minimum atomic E-state index is -0.288. The van der Waals surface area contributed by atoms with Crippen LogP contribution in [0.15, 0.2) is 35.6 Å². The number of aryl methyl sites for hydroxylation is 2. The molecule has 4 heteroatoms. The van der Waals surface area contributed by atoms with Gasteiger partial charge in [0.15, 0.2) is 0 Å². The molecule has 0 N–H and O–H groups in total. The van der Waals surface area contributed by atoms with Crippen LogP contribution in [0, 0.1) is 5.82 Å². The van der Waals surface area contributed by atoms with Gasteiger partial charge >= 0.3 is 0 Å². The summed E-state index contributed by atoms with van der Waals surface area (Å²) in [4.78, 5) is 4.11. The normalized spacial score (nSPS) is 11.2. The van der Waals surface area contributed by atoms with Gasteiger partial charge in [0.2, 0.25) is 0 Å². The number of rotatable bonds is 3. The Morgan fingerprint density at radius 3 is 2.88 bits per heavy atom. The van der Waals surface area contributed by atoms with Crippen LogP contribution in [-0.2, 0) is 13.5 Å². The first-order chi connectivity index (χ1) is 8.19. The molecule has 0 bridgehead atoms. The van der Waals surface area contributed by atoms with Gasteiger partial charge in [0.1, 0.15) is 5.82 Å². The van der Waals surface area contributed by atoms with Crippen molar-refractivity contribution in [3.63, 3.8) is 0 Å². The summed E-state index contributed by atoms with van der Waals surface area (Å²) in [5.41, 5.74) is 2.18. The van der Waals surface area contributed by atoms with Crippen molar-refractivity contribution in [2.75, 3.05) is 0 Å². The van der Waals surface area contributed by atoms with E-state index < -0.39 is 0 Å². The highest BCUT2D eigenvalue weighted by molar-refractivity contribution is 5.81. The van der Waals surface area contributed by atoms with Crippen LogP contribution in [0.5, 0.6) is 0 Å². The maximum absolute atomic E-state index is 13.6. The van der Waals surface area contributed by atoms with E-state index in [2.05, 4.69) is 10.1 Å². The van der Waals surface area contributed by atoms with Crippen molar-refractivity contribution < 1.29 is 4.39 Å². The molecular weight excluding hydrogens is 217 g/mol. The highest BCUT2D eigenvalue weighted by Gasteiger charge is 2.01. The number of nitrogens with zero attached hydrogens (tertiary/aromatic N) is 3. The van der Waals surface area contributed by atoms with Gasteiger partial charge in [-0.15, -0.1) is 0 Å². The van der Waals surface area contributed by atoms with Gasteiger partial charge in [-0.05, 0) is 24.1 Å². The summed E-state index contributed by atoms with van der Waals surface area (Å²) in [6.45, 7) is 1.99. The predicted molar refractivity (Wildman–Crippen MR) is 66.2 cm³/mol. The third-order valence-corrected chi connectivity index (χ3v) is 2.50. The second-order valence-electron chi connectivity index (χ2n) is 3.84. The van der Waals surface area contributed by atoms with Crippen molar-refractivity contribution in [1.29, 1.82) is 0 Å². The summed E-state index contributed by atoms with van der Waals surface area (Å²) < 4.78 is 15.3. The molecule has 1 aromatic heterocycles. The SMILES string of the molecule is CCc1ccc(N=Cc2cnn(C)c2)c(F)c1. The van der Waals surface area contributed by atoms with Gasteiger partial charge < -0.3 is 0 Å². The summed E-state index contributed by atoms with van der Waals surface area (Å²) in [6, 6.07) is 5.11. The second-order valence-corrected chi connectivity index (χ2v) is 3.84. The maximum atomic E-state index is 13.6. The highest BCUT2D eigenvalue weighted by atomic mass is 19.1. The average Bonchev–Trinajstić information content (AvgIpc) is 2.73. The first-order valence-corrected chi connectivity index (χ1v) is 5.50. The fourth-order valence-electron chi connectivity index (χ4n) is 1.53. The molecule has 1 heterocycles. The van der Waals surface area contributed by atoms with Gasteiger partial charge in [-0.2, -0.15) is 5.10 Å². The van der Waals surface area contributed by atoms with E-state index in [1.54, 1.807) is 23.2 Å². The summed E-state index contributed by atoms with van der Waals surface area (Å²) in [5.74, 6) is -0.288. The van der Waals surface area contributed by atoms with E-state index in [0.717, 1.165) is 17.5 Å². The van der Waals surface area contributed by atoms with Crippen LogP contribution in [0.25, 0.3) is 0 Å². The molecule has 2 aromatic rings. The minimum absolute atomic E-state index is 0.288. The summed E-state index contributed by atoms with van der Waals surface area (Å²) >= 11 is 0. The van der Waals surface area contributed by atoms with E-state index in [0.29, 0.717) is 5.69 Å². The van der Waals surface area contributed by atoms with Crippen molar-refractivity contribution in [2.45, 2.75) is 13.3 Å². The first kappa shape index (κ1) is 11.5. The van der Waals surface area contributed by atoms with Gasteiger partial charge in [-0.3, -0.25) is 9.67 Å². The quantitative estimate of drug-likeness (QED) is 0.747. The number of aromatic nitrogens is 2. The zero-order valence-corrected chi connectivity index (χ0v) is 9.89. The molecule has 88 valence electrons. The van der Waals surface area contributed by atoms with E-state index in [-0.39, 0.29) is 5.82 Å². The van der Waals surface area contributed by atoms with Crippen LogP contribution in [0.1, 0.15) is 18.1 Å². The first-order valence-electron chi connectivity index (χ1n) is 5.50. The zero-order chi connectivity index (χ0) is 12.3. The maximum Gasteiger partial charge on any atom is 0.149 e. The van der Waals surface area contributed by atoms with Crippen LogP contribution in [0.3, 0.4) is 0 Å². The number of halogens is 1. The number of aliphatic imine (C=N–C) groups is 1. The van der Waals surface area contributed by atoms with Crippen LogP contribution in [0.4, 0.5) is 10.1 Å². The molecule has 0 aliphatic heterocycles. The Kier molecular flexibility index (Phi) is 3.32. The molecule has 0 radical (unpaired) electrons. The molecule has 2 rings (SSSR count). The van der Waals surface area contributed by atoms with Gasteiger partial charge in [0, 0.05) is 25.0 Å². The third kappa shape index (κ3) is 2.78. The van der Waals surface area contributed by atoms with Gasteiger partial charge in [-0.25, -0.2) is 4.39 Å². The summed E-state index contributed by atoms with van der Waals surface area (Å²) in [6.07, 6.45) is 5.93. The lowest BCUT2D eigenvalue weighted by atomic mass is 10.1. The van der Waals surface area contributed by atoms with Gasteiger partial charge in [0.05, 0.1) is 11.9 Å². The van der Waals surface area contributed by atoms with Crippen LogP contribution < -0.4 is 0 Å². The predicted octanol–water partition coefficient (Wildman–Crippen LogP) is 2.87. The molecule has 0 saturated heterocycles. The fourth-order valence-corrected chi connectivity index (χ4v) is 1.53. The van der Waals surface area contributed by atoms with Crippen molar-refractivity contribution in [3.8, 4) is 0 Å². The molecule has 0 aliphatic carbocycles. The Labute approximate surface area is 99.6 Å². The molecular formula is C13H14FN3. The van der Waals surface area contributed by atoms with Gasteiger partial charge in [-0.1, -0.05) is 13.0 Å². The smallest absolute Gasteiger partial charge is 0.149 e. The van der Waals surface area contributed by atoms with Crippen molar-refractivity contribution in [2.24, 2.45) is 12.0 Å². The molecule has 0 fully saturated rings. The fraction of sp³-hybridized carbons (Fsp3) is 0.231. The molecule has 17 heavy (non-hydrogen) atoms. The second kappa shape index (κ2) is 4.91. The van der Waals surface area contributed by atoms with E-state index in [1.165, 1.54) is 6.07 Å². The topological polar surface area (TPSA) is 30.2 Å². The van der Waals surface area contributed by atoms with Crippen LogP contribution in [-0.4, -0.2) is 16.0 Å². The molecule has 0 spiro atoms. The Bertz CT molecular complexity index is 543. The summed E-state index contributed by atoms with van der Waals surface area (Å²) in [7, 11) is 1.83. The van der Waals surface area contributed by atoms with E-state index in [4.69, 9.17) is 0 Å². The van der Waals surface area contributed by atoms with E-state index >= 15 is 0 Å². The van der Waals surface area contributed by atoms with Crippen LogP contribution in [0.2, 0.25) is 0 Å². The molecule has 3 nitrogen and oxygen atoms in total. The number of hydrogen-bond acceptors (Lipinski definition) is 2. The van der Waals surface area contributed by atoms with E-state index in [9.17, 15) is 4.39 Å². The van der Waals surface area contributed by atoms with Crippen LogP contribution >= 0.6 is 0 Å². The highest BCUT2D eigenvalue weighted by Crippen LogP contribution is 2.19. The average molecular weight is 231 g/mol. The van der Waals surface area contributed by atoms with E-state index in [1.807, 2.05) is 26.2 Å². The molecule has 1 aromatic carbocycles. The zero-order valence-electron chi connectivity index (χ0n) is 9.89. The largest absolute Gasteiger partial charge is 0.275 e. The van der Waals surface area contributed by atoms with Crippen molar-refractivity contribution in [3.05, 3.63) is 47.5 Å². The number of hydrogen-bond donors (Lipinski definition) is 0. The van der Waals surface area contributed by atoms with Crippen molar-refractivity contribution >= 4 is 11.9 Å². The Hall–Kier alpha value is -1.97. The summed E-state index contributed by atoms with van der Waals surface area (Å²) in [5, 5.41) is 4.01. The molecule has 0 aliphatic rings.